The number of imide groups is 1. The molecule has 0 aliphatic carbocycles. The third-order valence-electron chi connectivity index (χ3n) is 3.77. The molecular formula is C20H17FN2O4S. The van der Waals surface area contributed by atoms with Gasteiger partial charge in [-0.15, -0.1) is 0 Å². The molecule has 1 heterocycles. The lowest BCUT2D eigenvalue weighted by Gasteiger charge is -2.12. The monoisotopic (exact) mass is 400 g/mol. The molecule has 0 radical (unpaired) electrons. The Morgan fingerprint density at radius 1 is 1.21 bits per heavy atom. The van der Waals surface area contributed by atoms with Gasteiger partial charge in [-0.05, 0) is 66.7 Å². The van der Waals surface area contributed by atoms with E-state index in [0.717, 1.165) is 16.7 Å². The van der Waals surface area contributed by atoms with Gasteiger partial charge in [-0.2, -0.15) is 0 Å². The van der Waals surface area contributed by atoms with Crippen molar-refractivity contribution in [2.45, 2.75) is 6.92 Å². The third kappa shape index (κ3) is 4.77. The number of carbonyl (C=O) groups is 3. The molecule has 1 fully saturated rings. The summed E-state index contributed by atoms with van der Waals surface area (Å²) in [4.78, 5) is 37.9. The van der Waals surface area contributed by atoms with E-state index in [4.69, 9.17) is 4.74 Å². The predicted octanol–water partition coefficient (Wildman–Crippen LogP) is 3.90. The number of anilines is 1. The van der Waals surface area contributed by atoms with Gasteiger partial charge in [0.05, 0.1) is 11.5 Å². The van der Waals surface area contributed by atoms with Crippen molar-refractivity contribution >= 4 is 40.6 Å². The molecule has 28 heavy (non-hydrogen) atoms. The van der Waals surface area contributed by atoms with E-state index in [1.165, 1.54) is 24.3 Å². The van der Waals surface area contributed by atoms with Gasteiger partial charge in [0, 0.05) is 5.69 Å². The molecule has 1 aliphatic heterocycles. The highest BCUT2D eigenvalue weighted by molar-refractivity contribution is 8.18. The van der Waals surface area contributed by atoms with Crippen LogP contribution in [0.4, 0.5) is 14.9 Å². The largest absolute Gasteiger partial charge is 0.494 e. The minimum Gasteiger partial charge on any atom is -0.494 e. The van der Waals surface area contributed by atoms with Gasteiger partial charge in [0.25, 0.3) is 11.1 Å². The Morgan fingerprint density at radius 2 is 1.96 bits per heavy atom. The zero-order valence-corrected chi connectivity index (χ0v) is 15.8. The standard InChI is InChI=1S/C20H17FN2O4S/c1-2-27-16-5-3-4-13(10-16)11-17-19(25)23(20(26)28-17)12-18(24)22-15-8-6-14(21)7-9-15/h3-11H,2,12H2,1H3,(H,22,24)/b17-11-. The van der Waals surface area contributed by atoms with E-state index in [9.17, 15) is 18.8 Å². The number of halogens is 1. The van der Waals surface area contributed by atoms with Crippen molar-refractivity contribution in [3.63, 3.8) is 0 Å². The average Bonchev–Trinajstić information content (AvgIpc) is 2.92. The van der Waals surface area contributed by atoms with Crippen molar-refractivity contribution in [2.24, 2.45) is 0 Å². The summed E-state index contributed by atoms with van der Waals surface area (Å²) < 4.78 is 18.3. The molecule has 0 bridgehead atoms. The SMILES string of the molecule is CCOc1cccc(/C=C2\SC(=O)N(CC(=O)Nc3ccc(F)cc3)C2=O)c1. The van der Waals surface area contributed by atoms with Gasteiger partial charge in [-0.25, -0.2) is 4.39 Å². The van der Waals surface area contributed by atoms with Crippen LogP contribution in [0.3, 0.4) is 0 Å². The van der Waals surface area contributed by atoms with E-state index >= 15 is 0 Å². The maximum absolute atomic E-state index is 12.9. The highest BCUT2D eigenvalue weighted by atomic mass is 32.2. The Hall–Kier alpha value is -3.13. The second-order valence-electron chi connectivity index (χ2n) is 5.83. The zero-order valence-electron chi connectivity index (χ0n) is 15.0. The van der Waals surface area contributed by atoms with E-state index in [2.05, 4.69) is 5.32 Å². The number of benzene rings is 2. The maximum atomic E-state index is 12.9. The minimum absolute atomic E-state index is 0.230. The third-order valence-corrected chi connectivity index (χ3v) is 4.68. The molecule has 0 saturated carbocycles. The first kappa shape index (κ1) is 19.6. The Labute approximate surface area is 165 Å². The van der Waals surface area contributed by atoms with E-state index in [1.807, 2.05) is 6.92 Å². The van der Waals surface area contributed by atoms with Crippen LogP contribution in [0.15, 0.2) is 53.4 Å². The zero-order chi connectivity index (χ0) is 20.1. The number of hydrogen-bond donors (Lipinski definition) is 1. The number of rotatable bonds is 6. The van der Waals surface area contributed by atoms with Gasteiger partial charge >= 0.3 is 0 Å². The molecule has 3 rings (SSSR count). The van der Waals surface area contributed by atoms with Gasteiger partial charge in [0.15, 0.2) is 0 Å². The molecule has 0 unspecified atom stereocenters. The summed E-state index contributed by atoms with van der Waals surface area (Å²) in [5.74, 6) is -0.851. The van der Waals surface area contributed by atoms with Crippen molar-refractivity contribution in [3.8, 4) is 5.75 Å². The van der Waals surface area contributed by atoms with Crippen molar-refractivity contribution in [1.82, 2.24) is 4.90 Å². The number of carbonyl (C=O) groups excluding carboxylic acids is 3. The van der Waals surface area contributed by atoms with Crippen LogP contribution in [-0.4, -0.2) is 35.1 Å². The van der Waals surface area contributed by atoms with Crippen LogP contribution in [-0.2, 0) is 9.59 Å². The van der Waals surface area contributed by atoms with Gasteiger partial charge in [0.2, 0.25) is 5.91 Å². The molecule has 1 N–H and O–H groups in total. The molecule has 0 spiro atoms. The summed E-state index contributed by atoms with van der Waals surface area (Å²) in [5.41, 5.74) is 1.09. The van der Waals surface area contributed by atoms with Crippen LogP contribution in [0.1, 0.15) is 12.5 Å². The van der Waals surface area contributed by atoms with E-state index in [1.54, 1.807) is 30.3 Å². The molecular weight excluding hydrogens is 383 g/mol. The van der Waals surface area contributed by atoms with E-state index in [-0.39, 0.29) is 4.91 Å². The Kier molecular flexibility index (Phi) is 6.10. The highest BCUT2D eigenvalue weighted by Gasteiger charge is 2.36. The summed E-state index contributed by atoms with van der Waals surface area (Å²) in [6.45, 7) is 1.97. The Balaban J connectivity index is 1.68. The van der Waals surface area contributed by atoms with Crippen LogP contribution < -0.4 is 10.1 Å². The van der Waals surface area contributed by atoms with Gasteiger partial charge in [0.1, 0.15) is 18.1 Å². The summed E-state index contributed by atoms with van der Waals surface area (Å²) in [5, 5.41) is 2.00. The molecule has 2 aromatic rings. The topological polar surface area (TPSA) is 75.7 Å². The van der Waals surface area contributed by atoms with E-state index < -0.39 is 29.4 Å². The first-order chi connectivity index (χ1) is 13.5. The first-order valence-corrected chi connectivity index (χ1v) is 9.31. The second kappa shape index (κ2) is 8.71. The minimum atomic E-state index is -0.548. The quantitative estimate of drug-likeness (QED) is 0.745. The molecule has 1 aliphatic rings. The fraction of sp³-hybridized carbons (Fsp3) is 0.150. The van der Waals surface area contributed by atoms with Crippen molar-refractivity contribution < 1.29 is 23.5 Å². The normalized spacial score (nSPS) is 15.2. The maximum Gasteiger partial charge on any atom is 0.294 e. The molecule has 3 amide bonds. The fourth-order valence-electron chi connectivity index (χ4n) is 2.53. The summed E-state index contributed by atoms with van der Waals surface area (Å²) in [6, 6.07) is 12.3. The lowest BCUT2D eigenvalue weighted by Crippen LogP contribution is -2.36. The van der Waals surface area contributed by atoms with Crippen LogP contribution in [0.25, 0.3) is 6.08 Å². The lowest BCUT2D eigenvalue weighted by molar-refractivity contribution is -0.127. The van der Waals surface area contributed by atoms with Crippen molar-refractivity contribution in [1.29, 1.82) is 0 Å². The molecule has 8 heteroatoms. The Bertz CT molecular complexity index is 943. The number of ether oxygens (including phenoxy) is 1. The second-order valence-corrected chi connectivity index (χ2v) is 6.82. The number of hydrogen-bond acceptors (Lipinski definition) is 5. The summed E-state index contributed by atoms with van der Waals surface area (Å²) in [6.07, 6.45) is 1.59. The highest BCUT2D eigenvalue weighted by Crippen LogP contribution is 2.32. The first-order valence-electron chi connectivity index (χ1n) is 8.50. The van der Waals surface area contributed by atoms with Crippen molar-refractivity contribution in [2.75, 3.05) is 18.5 Å². The smallest absolute Gasteiger partial charge is 0.294 e. The van der Waals surface area contributed by atoms with Crippen molar-refractivity contribution in [3.05, 3.63) is 64.8 Å². The molecule has 2 aromatic carbocycles. The van der Waals surface area contributed by atoms with Gasteiger partial charge < -0.3 is 10.1 Å². The number of nitrogens with zero attached hydrogens (tertiary/aromatic N) is 1. The van der Waals surface area contributed by atoms with E-state index in [0.29, 0.717) is 23.6 Å². The fourth-order valence-corrected chi connectivity index (χ4v) is 3.36. The molecule has 144 valence electrons. The summed E-state index contributed by atoms with van der Waals surface area (Å²) in [7, 11) is 0. The predicted molar refractivity (Wildman–Crippen MR) is 105 cm³/mol. The van der Waals surface area contributed by atoms with Crippen LogP contribution >= 0.6 is 11.8 Å². The molecule has 0 aromatic heterocycles. The van der Waals surface area contributed by atoms with Gasteiger partial charge in [-0.3, -0.25) is 19.3 Å². The molecule has 1 saturated heterocycles. The van der Waals surface area contributed by atoms with Gasteiger partial charge in [-0.1, -0.05) is 12.1 Å². The summed E-state index contributed by atoms with van der Waals surface area (Å²) >= 11 is 0.774. The molecule has 0 atom stereocenters. The lowest BCUT2D eigenvalue weighted by atomic mass is 10.2. The average molecular weight is 400 g/mol. The van der Waals surface area contributed by atoms with Crippen LogP contribution in [0, 0.1) is 5.82 Å². The number of thioether (sulfide) groups is 1. The molecule has 6 nitrogen and oxygen atoms in total. The van der Waals surface area contributed by atoms with Crippen LogP contribution in [0.2, 0.25) is 0 Å². The Morgan fingerprint density at radius 3 is 2.68 bits per heavy atom. The van der Waals surface area contributed by atoms with Crippen LogP contribution in [0.5, 0.6) is 5.75 Å². The number of amides is 3. The number of nitrogens with one attached hydrogen (secondary N) is 1.